The number of anilines is 1. The van der Waals surface area contributed by atoms with E-state index in [1.165, 1.54) is 28.4 Å². The fraction of sp³-hybridized carbons (Fsp3) is 0.263. The molecule has 3 aromatic rings. The molecule has 1 N–H and O–H groups in total. The van der Waals surface area contributed by atoms with Gasteiger partial charge in [0.05, 0.1) is 28.7 Å². The van der Waals surface area contributed by atoms with Crippen molar-refractivity contribution in [3.63, 3.8) is 0 Å². The largest absolute Gasteiger partial charge is 0.497 e. The molecule has 1 aromatic heterocycles. The van der Waals surface area contributed by atoms with Gasteiger partial charge in [-0.2, -0.15) is 0 Å². The van der Waals surface area contributed by atoms with Crippen molar-refractivity contribution in [2.45, 2.75) is 31.8 Å². The molecule has 0 saturated heterocycles. The van der Waals surface area contributed by atoms with E-state index in [-0.39, 0.29) is 4.90 Å². The van der Waals surface area contributed by atoms with Crippen LogP contribution < -0.4 is 20.6 Å². The first-order valence-corrected chi connectivity index (χ1v) is 10.2. The molecule has 8 nitrogen and oxygen atoms in total. The lowest BCUT2D eigenvalue weighted by Gasteiger charge is -2.15. The number of methoxy groups -OCH3 is 1. The van der Waals surface area contributed by atoms with Crippen LogP contribution in [0.5, 0.6) is 5.75 Å². The highest BCUT2D eigenvalue weighted by Crippen LogP contribution is 2.22. The third-order valence-electron chi connectivity index (χ3n) is 4.48. The van der Waals surface area contributed by atoms with E-state index in [1.54, 1.807) is 44.2 Å². The number of fused-ring (bicyclic) bond motifs is 1. The summed E-state index contributed by atoms with van der Waals surface area (Å²) < 4.78 is 35.6. The standard InChI is InChI=1S/C19H21N3O5S/c1-4-21-16-11-6-13(12-17(16)22(5-2)19(24)18(21)23)20-28(25,26)15-9-7-14(27-3)8-10-15/h6-12,20H,4-5H2,1-3H3. The molecule has 3 rings (SSSR count). The highest BCUT2D eigenvalue weighted by molar-refractivity contribution is 7.92. The second kappa shape index (κ2) is 7.51. The fourth-order valence-corrected chi connectivity index (χ4v) is 4.13. The van der Waals surface area contributed by atoms with Crippen molar-refractivity contribution in [3.8, 4) is 5.75 Å². The second-order valence-electron chi connectivity index (χ2n) is 6.08. The Balaban J connectivity index is 2.10. The molecule has 0 atom stereocenters. The number of ether oxygens (including phenoxy) is 1. The first-order chi connectivity index (χ1) is 13.3. The Morgan fingerprint density at radius 1 is 0.893 bits per heavy atom. The lowest BCUT2D eigenvalue weighted by molar-refractivity contribution is 0.414. The van der Waals surface area contributed by atoms with Gasteiger partial charge in [0.2, 0.25) is 0 Å². The van der Waals surface area contributed by atoms with Crippen LogP contribution in [0.15, 0.2) is 56.9 Å². The maximum absolute atomic E-state index is 12.7. The van der Waals surface area contributed by atoms with Crippen molar-refractivity contribution in [3.05, 3.63) is 63.2 Å². The predicted molar refractivity (Wildman–Crippen MR) is 108 cm³/mol. The summed E-state index contributed by atoms with van der Waals surface area (Å²) in [5, 5.41) is 0. The van der Waals surface area contributed by atoms with Crippen molar-refractivity contribution in [2.75, 3.05) is 11.8 Å². The maximum atomic E-state index is 12.7. The van der Waals surface area contributed by atoms with Crippen molar-refractivity contribution in [1.29, 1.82) is 0 Å². The Labute approximate surface area is 162 Å². The molecule has 9 heteroatoms. The Kier molecular flexibility index (Phi) is 5.28. The zero-order valence-electron chi connectivity index (χ0n) is 15.8. The van der Waals surface area contributed by atoms with E-state index in [1.807, 2.05) is 0 Å². The van der Waals surface area contributed by atoms with Gasteiger partial charge in [-0.1, -0.05) is 0 Å². The number of sulfonamides is 1. The molecule has 148 valence electrons. The summed E-state index contributed by atoms with van der Waals surface area (Å²) in [7, 11) is -2.32. The average Bonchev–Trinajstić information content (AvgIpc) is 2.69. The number of nitrogens with one attached hydrogen (secondary N) is 1. The van der Waals surface area contributed by atoms with E-state index in [2.05, 4.69) is 4.72 Å². The molecule has 0 amide bonds. The van der Waals surface area contributed by atoms with Crippen molar-refractivity contribution >= 4 is 26.7 Å². The number of nitrogens with zero attached hydrogens (tertiary/aromatic N) is 2. The summed E-state index contributed by atoms with van der Waals surface area (Å²) in [5.74, 6) is 0.550. The number of benzene rings is 2. The highest BCUT2D eigenvalue weighted by atomic mass is 32.2. The van der Waals surface area contributed by atoms with Gasteiger partial charge in [-0.3, -0.25) is 14.3 Å². The number of rotatable bonds is 6. The van der Waals surface area contributed by atoms with Crippen LogP contribution in [0.4, 0.5) is 5.69 Å². The van der Waals surface area contributed by atoms with E-state index in [0.29, 0.717) is 35.6 Å². The third-order valence-corrected chi connectivity index (χ3v) is 5.88. The van der Waals surface area contributed by atoms with Gasteiger partial charge < -0.3 is 13.9 Å². The van der Waals surface area contributed by atoms with Gasteiger partial charge in [-0.25, -0.2) is 8.42 Å². The molecule has 0 unspecified atom stereocenters. The number of aromatic nitrogens is 2. The van der Waals surface area contributed by atoms with Gasteiger partial charge in [0, 0.05) is 13.1 Å². The normalized spacial score (nSPS) is 11.5. The summed E-state index contributed by atoms with van der Waals surface area (Å²) in [6, 6.07) is 10.8. The van der Waals surface area contributed by atoms with Gasteiger partial charge in [-0.15, -0.1) is 0 Å². The van der Waals surface area contributed by atoms with Crippen LogP contribution in [-0.2, 0) is 23.1 Å². The minimum atomic E-state index is -3.82. The van der Waals surface area contributed by atoms with Crippen LogP contribution in [0.3, 0.4) is 0 Å². The molecule has 0 bridgehead atoms. The number of hydrogen-bond acceptors (Lipinski definition) is 5. The summed E-state index contributed by atoms with van der Waals surface area (Å²) in [6.07, 6.45) is 0. The summed E-state index contributed by atoms with van der Waals surface area (Å²) >= 11 is 0. The molecule has 28 heavy (non-hydrogen) atoms. The average molecular weight is 403 g/mol. The minimum absolute atomic E-state index is 0.0832. The molecule has 0 aliphatic rings. The Morgan fingerprint density at radius 2 is 1.46 bits per heavy atom. The third kappa shape index (κ3) is 3.40. The van der Waals surface area contributed by atoms with Gasteiger partial charge in [-0.05, 0) is 56.3 Å². The second-order valence-corrected chi connectivity index (χ2v) is 7.77. The molecule has 0 saturated carbocycles. The van der Waals surface area contributed by atoms with E-state index >= 15 is 0 Å². The topological polar surface area (TPSA) is 99.4 Å². The minimum Gasteiger partial charge on any atom is -0.497 e. The van der Waals surface area contributed by atoms with Crippen molar-refractivity contribution in [1.82, 2.24) is 9.13 Å². The van der Waals surface area contributed by atoms with Gasteiger partial charge in [0.25, 0.3) is 10.0 Å². The summed E-state index contributed by atoms with van der Waals surface area (Å²) in [5.41, 5.74) is 0.131. The summed E-state index contributed by atoms with van der Waals surface area (Å²) in [4.78, 5) is 24.7. The fourth-order valence-electron chi connectivity index (χ4n) is 3.08. The zero-order chi connectivity index (χ0) is 20.5. The first kappa shape index (κ1) is 19.7. The smallest absolute Gasteiger partial charge is 0.316 e. The van der Waals surface area contributed by atoms with Gasteiger partial charge >= 0.3 is 11.1 Å². The molecular weight excluding hydrogens is 382 g/mol. The Bertz CT molecular complexity index is 1240. The van der Waals surface area contributed by atoms with Crippen LogP contribution in [0.1, 0.15) is 13.8 Å². The van der Waals surface area contributed by atoms with Crippen LogP contribution in [0.2, 0.25) is 0 Å². The Morgan fingerprint density at radius 3 is 2.00 bits per heavy atom. The molecule has 2 aromatic carbocycles. The highest BCUT2D eigenvalue weighted by Gasteiger charge is 2.16. The first-order valence-electron chi connectivity index (χ1n) is 8.76. The molecular formula is C19H21N3O5S. The lowest BCUT2D eigenvalue weighted by atomic mass is 10.2. The maximum Gasteiger partial charge on any atom is 0.316 e. The monoisotopic (exact) mass is 403 g/mol. The number of hydrogen-bond donors (Lipinski definition) is 1. The SMILES string of the molecule is CCn1c(=O)c(=O)n(CC)c2cc(NS(=O)(=O)c3ccc(OC)cc3)ccc21. The van der Waals surface area contributed by atoms with E-state index < -0.39 is 21.1 Å². The molecule has 0 radical (unpaired) electrons. The molecule has 0 fully saturated rings. The van der Waals surface area contributed by atoms with Gasteiger partial charge in [0.15, 0.2) is 0 Å². The summed E-state index contributed by atoms with van der Waals surface area (Å²) in [6.45, 7) is 4.16. The lowest BCUT2D eigenvalue weighted by Crippen LogP contribution is -2.41. The van der Waals surface area contributed by atoms with Crippen molar-refractivity contribution < 1.29 is 13.2 Å². The van der Waals surface area contributed by atoms with E-state index in [4.69, 9.17) is 4.74 Å². The van der Waals surface area contributed by atoms with Crippen molar-refractivity contribution in [2.24, 2.45) is 0 Å². The van der Waals surface area contributed by atoms with Crippen LogP contribution >= 0.6 is 0 Å². The van der Waals surface area contributed by atoms with E-state index in [0.717, 1.165) is 0 Å². The van der Waals surface area contributed by atoms with Crippen LogP contribution in [0.25, 0.3) is 11.0 Å². The molecule has 0 aliphatic carbocycles. The molecule has 0 aliphatic heterocycles. The van der Waals surface area contributed by atoms with E-state index in [9.17, 15) is 18.0 Å². The number of aryl methyl sites for hydroxylation is 2. The quantitative estimate of drug-likeness (QED) is 0.635. The van der Waals surface area contributed by atoms with Gasteiger partial charge in [0.1, 0.15) is 5.75 Å². The zero-order valence-corrected chi connectivity index (χ0v) is 16.6. The molecule has 1 heterocycles. The van der Waals surface area contributed by atoms with Crippen LogP contribution in [0, 0.1) is 0 Å². The Hall–Kier alpha value is -3.07. The predicted octanol–water partition coefficient (Wildman–Crippen LogP) is 2.01. The van der Waals surface area contributed by atoms with Crippen LogP contribution in [-0.4, -0.2) is 24.7 Å². The molecule has 0 spiro atoms.